The van der Waals surface area contributed by atoms with Gasteiger partial charge < -0.3 is 9.30 Å². The Balaban J connectivity index is 1.59. The molecule has 3 aromatic carbocycles. The fraction of sp³-hybridized carbons (Fsp3) is 0.345. The maximum atomic E-state index is 6.18. The third-order valence-electron chi connectivity index (χ3n) is 6.11. The Labute approximate surface area is 192 Å². The molecule has 3 nitrogen and oxygen atoms in total. The first-order chi connectivity index (χ1) is 15.4. The number of fused-ring (bicyclic) bond motifs is 1. The lowest BCUT2D eigenvalue weighted by Gasteiger charge is -2.17. The zero-order valence-electron chi connectivity index (χ0n) is 19.9. The maximum Gasteiger partial charge on any atom is 0.122 e. The molecule has 0 radical (unpaired) electrons. The molecule has 32 heavy (non-hydrogen) atoms. The zero-order valence-corrected chi connectivity index (χ0v) is 19.9. The quantitative estimate of drug-likeness (QED) is 0.301. The Bertz CT molecular complexity index is 1190. The van der Waals surface area contributed by atoms with E-state index in [0.717, 1.165) is 35.6 Å². The van der Waals surface area contributed by atoms with E-state index < -0.39 is 0 Å². The molecule has 0 aliphatic heterocycles. The van der Waals surface area contributed by atoms with Crippen molar-refractivity contribution in [3.05, 3.63) is 94.8 Å². The summed E-state index contributed by atoms with van der Waals surface area (Å²) in [5.74, 6) is 2.92. The lowest BCUT2D eigenvalue weighted by Crippen LogP contribution is -2.14. The van der Waals surface area contributed by atoms with Gasteiger partial charge in [0, 0.05) is 5.92 Å². The van der Waals surface area contributed by atoms with Crippen LogP contribution in [0.15, 0.2) is 66.7 Å². The van der Waals surface area contributed by atoms with Crippen molar-refractivity contribution in [2.45, 2.75) is 53.5 Å². The van der Waals surface area contributed by atoms with Crippen LogP contribution in [0.1, 0.15) is 54.8 Å². The van der Waals surface area contributed by atoms with Gasteiger partial charge in [-0.25, -0.2) is 4.98 Å². The van der Waals surface area contributed by atoms with Gasteiger partial charge in [-0.3, -0.25) is 0 Å². The van der Waals surface area contributed by atoms with Crippen molar-refractivity contribution in [1.82, 2.24) is 9.55 Å². The zero-order chi connectivity index (χ0) is 22.7. The first-order valence-corrected chi connectivity index (χ1v) is 11.7. The van der Waals surface area contributed by atoms with Crippen molar-refractivity contribution in [2.24, 2.45) is 5.92 Å². The Morgan fingerprint density at radius 3 is 2.41 bits per heavy atom. The number of hydrogen-bond acceptors (Lipinski definition) is 2. The molecule has 166 valence electrons. The number of rotatable bonds is 8. The minimum atomic E-state index is 0.205. The third kappa shape index (κ3) is 4.88. The van der Waals surface area contributed by atoms with Gasteiger partial charge in [0.15, 0.2) is 0 Å². The normalized spacial score (nSPS) is 12.4. The van der Waals surface area contributed by atoms with Crippen LogP contribution in [0.3, 0.4) is 0 Å². The van der Waals surface area contributed by atoms with E-state index in [0.29, 0.717) is 12.5 Å². The molecule has 0 saturated carbocycles. The molecule has 4 aromatic rings. The number of ether oxygens (including phenoxy) is 1. The molecule has 0 aliphatic carbocycles. The monoisotopic (exact) mass is 426 g/mol. The summed E-state index contributed by atoms with van der Waals surface area (Å²) in [6, 6.07) is 23.8. The molecular weight excluding hydrogens is 392 g/mol. The molecule has 1 heterocycles. The molecule has 0 fully saturated rings. The standard InChI is InChI=1S/C29H34N2O/c1-20(2)18-24-12-14-25(15-13-24)23(5)29-30-26-8-6-7-9-27(26)31(29)16-17-32-28-19-21(3)10-11-22(28)4/h6-15,19-20,23H,16-18H2,1-5H3. The third-order valence-corrected chi connectivity index (χ3v) is 6.11. The lowest BCUT2D eigenvalue weighted by molar-refractivity contribution is 0.296. The summed E-state index contributed by atoms with van der Waals surface area (Å²) in [5.41, 5.74) is 7.28. The molecule has 1 atom stereocenters. The fourth-order valence-electron chi connectivity index (χ4n) is 4.33. The lowest BCUT2D eigenvalue weighted by atomic mass is 9.96. The molecule has 0 spiro atoms. The summed E-state index contributed by atoms with van der Waals surface area (Å²) in [6.07, 6.45) is 1.11. The van der Waals surface area contributed by atoms with Crippen molar-refractivity contribution < 1.29 is 4.74 Å². The van der Waals surface area contributed by atoms with Gasteiger partial charge in [-0.1, -0.05) is 69.3 Å². The summed E-state index contributed by atoms with van der Waals surface area (Å²) < 4.78 is 8.51. The number of para-hydroxylation sites is 2. The highest BCUT2D eigenvalue weighted by Crippen LogP contribution is 2.28. The van der Waals surface area contributed by atoms with Gasteiger partial charge in [-0.2, -0.15) is 0 Å². The second-order valence-corrected chi connectivity index (χ2v) is 9.29. The van der Waals surface area contributed by atoms with Crippen LogP contribution in [0.25, 0.3) is 11.0 Å². The average molecular weight is 427 g/mol. The van der Waals surface area contributed by atoms with Crippen molar-refractivity contribution in [3.8, 4) is 5.75 Å². The maximum absolute atomic E-state index is 6.18. The van der Waals surface area contributed by atoms with E-state index in [4.69, 9.17) is 9.72 Å². The van der Waals surface area contributed by atoms with E-state index in [2.05, 4.69) is 106 Å². The molecule has 1 aromatic heterocycles. The van der Waals surface area contributed by atoms with E-state index in [1.165, 1.54) is 22.3 Å². The SMILES string of the molecule is Cc1ccc(C)c(OCCn2c(C(C)c3ccc(CC(C)C)cc3)nc3ccccc32)c1. The Hall–Kier alpha value is -3.07. The fourth-order valence-corrected chi connectivity index (χ4v) is 4.33. The van der Waals surface area contributed by atoms with E-state index in [-0.39, 0.29) is 5.92 Å². The second-order valence-electron chi connectivity index (χ2n) is 9.29. The van der Waals surface area contributed by atoms with Crippen LogP contribution in [0.5, 0.6) is 5.75 Å². The van der Waals surface area contributed by atoms with E-state index >= 15 is 0 Å². The Morgan fingerprint density at radius 1 is 0.906 bits per heavy atom. The van der Waals surface area contributed by atoms with Gasteiger partial charge in [0.25, 0.3) is 0 Å². The minimum Gasteiger partial charge on any atom is -0.491 e. The van der Waals surface area contributed by atoms with Crippen LogP contribution < -0.4 is 4.74 Å². The average Bonchev–Trinajstić information content (AvgIpc) is 3.14. The van der Waals surface area contributed by atoms with Crippen molar-refractivity contribution in [3.63, 3.8) is 0 Å². The Morgan fingerprint density at radius 2 is 1.66 bits per heavy atom. The van der Waals surface area contributed by atoms with Crippen molar-refractivity contribution in [1.29, 1.82) is 0 Å². The van der Waals surface area contributed by atoms with Gasteiger partial charge in [0.1, 0.15) is 18.2 Å². The van der Waals surface area contributed by atoms with E-state index in [1.54, 1.807) is 0 Å². The minimum absolute atomic E-state index is 0.205. The van der Waals surface area contributed by atoms with Gasteiger partial charge >= 0.3 is 0 Å². The molecule has 4 rings (SSSR count). The van der Waals surface area contributed by atoms with Crippen LogP contribution in [-0.2, 0) is 13.0 Å². The molecule has 0 saturated heterocycles. The number of aromatic nitrogens is 2. The highest BCUT2D eigenvalue weighted by atomic mass is 16.5. The molecule has 3 heteroatoms. The molecule has 0 bridgehead atoms. The van der Waals surface area contributed by atoms with Gasteiger partial charge in [-0.15, -0.1) is 0 Å². The molecule has 0 aliphatic rings. The van der Waals surface area contributed by atoms with Crippen molar-refractivity contribution in [2.75, 3.05) is 6.61 Å². The topological polar surface area (TPSA) is 27.1 Å². The summed E-state index contributed by atoms with van der Waals surface area (Å²) in [7, 11) is 0. The van der Waals surface area contributed by atoms with Crippen molar-refractivity contribution >= 4 is 11.0 Å². The second kappa shape index (κ2) is 9.60. The smallest absolute Gasteiger partial charge is 0.122 e. The predicted octanol–water partition coefficient (Wildman–Crippen LogP) is 7.08. The van der Waals surface area contributed by atoms with Crippen LogP contribution >= 0.6 is 0 Å². The number of benzene rings is 3. The van der Waals surface area contributed by atoms with Gasteiger partial charge in [0.05, 0.1) is 17.6 Å². The number of hydrogen-bond donors (Lipinski definition) is 0. The predicted molar refractivity (Wildman–Crippen MR) is 134 cm³/mol. The summed E-state index contributed by atoms with van der Waals surface area (Å²) in [5, 5.41) is 0. The van der Waals surface area contributed by atoms with E-state index in [9.17, 15) is 0 Å². The van der Waals surface area contributed by atoms with Gasteiger partial charge in [0.2, 0.25) is 0 Å². The highest BCUT2D eigenvalue weighted by Gasteiger charge is 2.18. The highest BCUT2D eigenvalue weighted by molar-refractivity contribution is 5.76. The molecule has 0 N–H and O–H groups in total. The Kier molecular flexibility index (Phi) is 6.64. The number of imidazole rings is 1. The summed E-state index contributed by atoms with van der Waals surface area (Å²) >= 11 is 0. The summed E-state index contributed by atoms with van der Waals surface area (Å²) in [4.78, 5) is 5.02. The van der Waals surface area contributed by atoms with Crippen LogP contribution in [0.2, 0.25) is 0 Å². The van der Waals surface area contributed by atoms with Gasteiger partial charge in [-0.05, 0) is 66.6 Å². The molecule has 1 unspecified atom stereocenters. The first kappa shape index (κ1) is 22.1. The largest absolute Gasteiger partial charge is 0.491 e. The number of aryl methyl sites for hydroxylation is 2. The number of nitrogens with zero attached hydrogens (tertiary/aromatic N) is 2. The van der Waals surface area contributed by atoms with Crippen LogP contribution in [-0.4, -0.2) is 16.2 Å². The van der Waals surface area contributed by atoms with E-state index in [1.807, 2.05) is 0 Å². The molecular formula is C29H34N2O. The van der Waals surface area contributed by atoms with Crippen LogP contribution in [0.4, 0.5) is 0 Å². The van der Waals surface area contributed by atoms with Crippen LogP contribution in [0, 0.1) is 19.8 Å². The first-order valence-electron chi connectivity index (χ1n) is 11.7. The summed E-state index contributed by atoms with van der Waals surface area (Å²) in [6.45, 7) is 12.3. The molecule has 0 amide bonds.